The van der Waals surface area contributed by atoms with Crippen LogP contribution in [0.4, 0.5) is 0 Å². The van der Waals surface area contributed by atoms with Gasteiger partial charge in [0.25, 0.3) is 0 Å². The van der Waals surface area contributed by atoms with Crippen LogP contribution in [0.2, 0.25) is 0 Å². The van der Waals surface area contributed by atoms with Crippen LogP contribution in [-0.2, 0) is 14.3 Å². The number of rotatable bonds is 3. The molecule has 1 aliphatic heterocycles. The Kier molecular flexibility index (Phi) is 5.83. The van der Waals surface area contributed by atoms with Crippen molar-refractivity contribution in [3.05, 3.63) is 0 Å². The maximum absolute atomic E-state index is 10.8. The average molecular weight is 211 g/mol. The van der Waals surface area contributed by atoms with Crippen LogP contribution >= 0.6 is 0 Å². The minimum atomic E-state index is -0.198. The van der Waals surface area contributed by atoms with Crippen molar-refractivity contribution in [3.8, 4) is 11.8 Å². The topological polar surface area (TPSA) is 38.8 Å². The number of ether oxygens (including phenoxy) is 2. The Morgan fingerprint density at radius 3 is 2.80 bits per heavy atom. The highest BCUT2D eigenvalue weighted by Gasteiger charge is 2.07. The van der Waals surface area contributed by atoms with Gasteiger partial charge in [-0.1, -0.05) is 18.8 Å². The van der Waals surface area contributed by atoms with E-state index in [1.54, 1.807) is 6.92 Å². The summed E-state index contributed by atoms with van der Waals surface area (Å²) >= 11 is 0. The summed E-state index contributed by atoms with van der Waals surface area (Å²) in [7, 11) is 0. The van der Waals surface area contributed by atoms with Gasteiger partial charge in [-0.25, -0.2) is 0 Å². The quantitative estimate of drug-likeness (QED) is 0.496. The van der Waals surface area contributed by atoms with E-state index in [0.717, 1.165) is 32.8 Å². The summed E-state index contributed by atoms with van der Waals surface area (Å²) in [5, 5.41) is 0. The second-order valence-electron chi connectivity index (χ2n) is 3.26. The summed E-state index contributed by atoms with van der Waals surface area (Å²) in [4.78, 5) is 13.0. The minimum Gasteiger partial charge on any atom is -0.452 e. The predicted octanol–water partition coefficient (Wildman–Crippen LogP) is 0.275. The first kappa shape index (κ1) is 12.0. The zero-order valence-corrected chi connectivity index (χ0v) is 9.12. The van der Waals surface area contributed by atoms with Gasteiger partial charge in [0, 0.05) is 19.5 Å². The molecule has 4 heteroatoms. The summed E-state index contributed by atoms with van der Waals surface area (Å²) < 4.78 is 10.0. The molecule has 0 aromatic carbocycles. The molecule has 0 amide bonds. The number of morpholine rings is 1. The first-order chi connectivity index (χ1) is 7.33. The normalized spacial score (nSPS) is 16.6. The van der Waals surface area contributed by atoms with Crippen LogP contribution in [-0.4, -0.2) is 50.3 Å². The molecular formula is C11H17NO3. The van der Waals surface area contributed by atoms with E-state index in [1.165, 1.54) is 0 Å². The molecule has 84 valence electrons. The van der Waals surface area contributed by atoms with Gasteiger partial charge in [0.2, 0.25) is 0 Å². The van der Waals surface area contributed by atoms with Crippen molar-refractivity contribution in [1.29, 1.82) is 0 Å². The van der Waals surface area contributed by atoms with E-state index in [1.807, 2.05) is 0 Å². The molecule has 15 heavy (non-hydrogen) atoms. The molecule has 0 bridgehead atoms. The first-order valence-electron chi connectivity index (χ1n) is 5.24. The van der Waals surface area contributed by atoms with E-state index in [4.69, 9.17) is 9.47 Å². The monoisotopic (exact) mass is 211 g/mol. The molecule has 0 aromatic rings. The van der Waals surface area contributed by atoms with E-state index in [9.17, 15) is 4.79 Å². The molecule has 0 saturated carbocycles. The van der Waals surface area contributed by atoms with Crippen molar-refractivity contribution >= 4 is 5.97 Å². The molecule has 0 radical (unpaired) electrons. The highest BCUT2D eigenvalue weighted by Crippen LogP contribution is 1.94. The molecule has 0 N–H and O–H groups in total. The fourth-order valence-corrected chi connectivity index (χ4v) is 1.20. The van der Waals surface area contributed by atoms with Crippen molar-refractivity contribution in [3.63, 3.8) is 0 Å². The number of carbonyl (C=O) groups excluding carboxylic acids is 1. The summed E-state index contributed by atoms with van der Waals surface area (Å²) in [5.41, 5.74) is 0. The van der Waals surface area contributed by atoms with E-state index >= 15 is 0 Å². The van der Waals surface area contributed by atoms with E-state index in [-0.39, 0.29) is 12.6 Å². The van der Waals surface area contributed by atoms with Gasteiger partial charge in [-0.05, 0) is 0 Å². The highest BCUT2D eigenvalue weighted by molar-refractivity contribution is 5.69. The fraction of sp³-hybridized carbons (Fsp3) is 0.727. The zero-order valence-electron chi connectivity index (χ0n) is 9.12. The molecule has 0 aromatic heterocycles. The summed E-state index contributed by atoms with van der Waals surface area (Å²) in [5.74, 6) is 5.60. The largest absolute Gasteiger partial charge is 0.452 e. The summed E-state index contributed by atoms with van der Waals surface area (Å²) in [6.07, 6.45) is 0.408. The molecule has 0 aliphatic carbocycles. The number of hydrogen-bond acceptors (Lipinski definition) is 4. The molecule has 1 heterocycles. The van der Waals surface area contributed by atoms with Crippen LogP contribution in [0.3, 0.4) is 0 Å². The molecule has 0 unspecified atom stereocenters. The van der Waals surface area contributed by atoms with Crippen molar-refractivity contribution < 1.29 is 14.3 Å². The van der Waals surface area contributed by atoms with Gasteiger partial charge in [0.05, 0.1) is 19.8 Å². The predicted molar refractivity (Wildman–Crippen MR) is 56.3 cm³/mol. The highest BCUT2D eigenvalue weighted by atomic mass is 16.5. The number of nitrogens with zero attached hydrogens (tertiary/aromatic N) is 1. The molecule has 0 atom stereocenters. The standard InChI is InChI=1S/C11H17NO3/c1-2-11(13)15-8-4-3-5-12-6-9-14-10-7-12/h2,5-10H2,1H3. The van der Waals surface area contributed by atoms with Gasteiger partial charge in [0.1, 0.15) is 0 Å². The lowest BCUT2D eigenvalue weighted by Gasteiger charge is -2.24. The molecule has 1 rings (SSSR count). The minimum absolute atomic E-state index is 0.198. The second kappa shape index (κ2) is 7.27. The van der Waals surface area contributed by atoms with Gasteiger partial charge >= 0.3 is 5.97 Å². The van der Waals surface area contributed by atoms with Crippen LogP contribution in [0, 0.1) is 11.8 Å². The van der Waals surface area contributed by atoms with Crippen LogP contribution in [0.15, 0.2) is 0 Å². The number of carbonyl (C=O) groups is 1. The van der Waals surface area contributed by atoms with Crippen LogP contribution in [0.5, 0.6) is 0 Å². The Hall–Kier alpha value is -1.05. The molecule has 0 spiro atoms. The summed E-state index contributed by atoms with van der Waals surface area (Å²) in [6.45, 7) is 6.14. The van der Waals surface area contributed by atoms with Gasteiger partial charge < -0.3 is 9.47 Å². The van der Waals surface area contributed by atoms with Crippen molar-refractivity contribution in [2.45, 2.75) is 13.3 Å². The lowest BCUT2D eigenvalue weighted by Crippen LogP contribution is -2.36. The summed E-state index contributed by atoms with van der Waals surface area (Å²) in [6, 6.07) is 0. The van der Waals surface area contributed by atoms with Crippen molar-refractivity contribution in [2.75, 3.05) is 39.5 Å². The third-order valence-corrected chi connectivity index (χ3v) is 2.13. The number of hydrogen-bond donors (Lipinski definition) is 0. The van der Waals surface area contributed by atoms with Crippen molar-refractivity contribution in [1.82, 2.24) is 4.90 Å². The molecule has 1 aliphatic rings. The Balaban J connectivity index is 2.07. The van der Waals surface area contributed by atoms with Crippen LogP contribution in [0.1, 0.15) is 13.3 Å². The third kappa shape index (κ3) is 5.40. The smallest absolute Gasteiger partial charge is 0.306 e. The molecule has 1 saturated heterocycles. The second-order valence-corrected chi connectivity index (χ2v) is 3.26. The van der Waals surface area contributed by atoms with Crippen molar-refractivity contribution in [2.24, 2.45) is 0 Å². The van der Waals surface area contributed by atoms with Crippen LogP contribution < -0.4 is 0 Å². The maximum atomic E-state index is 10.8. The SMILES string of the molecule is CCC(=O)OCC#CCN1CCOCC1. The van der Waals surface area contributed by atoms with Gasteiger partial charge in [-0.2, -0.15) is 0 Å². The Bertz CT molecular complexity index is 248. The Morgan fingerprint density at radius 2 is 2.13 bits per heavy atom. The fourth-order valence-electron chi connectivity index (χ4n) is 1.20. The number of esters is 1. The van der Waals surface area contributed by atoms with E-state index < -0.39 is 0 Å². The van der Waals surface area contributed by atoms with E-state index in [0.29, 0.717) is 6.42 Å². The maximum Gasteiger partial charge on any atom is 0.306 e. The van der Waals surface area contributed by atoms with Gasteiger partial charge in [-0.15, -0.1) is 0 Å². The van der Waals surface area contributed by atoms with Crippen LogP contribution in [0.25, 0.3) is 0 Å². The van der Waals surface area contributed by atoms with Gasteiger partial charge in [-0.3, -0.25) is 9.69 Å². The molecule has 4 nitrogen and oxygen atoms in total. The Morgan fingerprint density at radius 1 is 1.40 bits per heavy atom. The lowest BCUT2D eigenvalue weighted by atomic mass is 10.4. The lowest BCUT2D eigenvalue weighted by molar-refractivity contribution is -0.141. The molecular weight excluding hydrogens is 194 g/mol. The van der Waals surface area contributed by atoms with E-state index in [2.05, 4.69) is 16.7 Å². The first-order valence-corrected chi connectivity index (χ1v) is 5.24. The third-order valence-electron chi connectivity index (χ3n) is 2.13. The molecule has 1 fully saturated rings. The average Bonchev–Trinajstić information content (AvgIpc) is 2.29. The Labute approximate surface area is 90.5 Å². The zero-order chi connectivity index (χ0) is 10.9. The van der Waals surface area contributed by atoms with Gasteiger partial charge in [0.15, 0.2) is 6.61 Å².